The third kappa shape index (κ3) is 16.5. The van der Waals surface area contributed by atoms with Crippen molar-refractivity contribution in [3.05, 3.63) is 72.3 Å². The summed E-state index contributed by atoms with van der Waals surface area (Å²) in [5, 5.41) is 2.62. The van der Waals surface area contributed by atoms with Gasteiger partial charge in [-0.15, -0.1) is 0 Å². The van der Waals surface area contributed by atoms with E-state index < -0.39 is 11.7 Å². The molecule has 5 heteroatoms. The molecular weight excluding hydrogens is 426 g/mol. The predicted octanol–water partition coefficient (Wildman–Crippen LogP) is 7.49. The summed E-state index contributed by atoms with van der Waals surface area (Å²) in [7, 11) is 0. The second-order valence-electron chi connectivity index (χ2n) is 8.28. The number of allylic oxidation sites excluding steroid dienone is 1. The molecule has 0 unspecified atom stereocenters. The van der Waals surface area contributed by atoms with E-state index in [9.17, 15) is 9.59 Å². The highest BCUT2D eigenvalue weighted by Crippen LogP contribution is 2.18. The van der Waals surface area contributed by atoms with Crippen molar-refractivity contribution in [1.29, 1.82) is 0 Å². The Hall–Kier alpha value is -3.08. The molecule has 0 aromatic heterocycles. The molecule has 1 N–H and O–H groups in total. The summed E-state index contributed by atoms with van der Waals surface area (Å²) in [6.45, 7) is 14.2. The molecule has 5 nitrogen and oxygen atoms in total. The third-order valence-electron chi connectivity index (χ3n) is 4.15. The molecule has 0 aliphatic rings. The van der Waals surface area contributed by atoms with Crippen LogP contribution in [0.3, 0.4) is 0 Å². The Balaban J connectivity index is 0.000000626. The zero-order valence-corrected chi connectivity index (χ0v) is 22.0. The molecule has 0 aliphatic heterocycles. The summed E-state index contributed by atoms with van der Waals surface area (Å²) in [6.07, 6.45) is 5.31. The van der Waals surface area contributed by atoms with Crippen molar-refractivity contribution >= 4 is 12.1 Å². The minimum Gasteiger partial charge on any atom is -0.466 e. The van der Waals surface area contributed by atoms with Gasteiger partial charge in [0.15, 0.2) is 0 Å². The van der Waals surface area contributed by atoms with Gasteiger partial charge in [-0.3, -0.25) is 4.79 Å². The number of benzene rings is 2. The van der Waals surface area contributed by atoms with Gasteiger partial charge in [-0.1, -0.05) is 86.2 Å². The first-order valence-corrected chi connectivity index (χ1v) is 12.1. The van der Waals surface area contributed by atoms with Crippen LogP contribution in [0.2, 0.25) is 0 Å². The average Bonchev–Trinajstić information content (AvgIpc) is 2.80. The lowest BCUT2D eigenvalue weighted by Gasteiger charge is -2.19. The molecule has 0 aliphatic carbocycles. The molecule has 2 aromatic carbocycles. The Labute approximate surface area is 206 Å². The molecule has 0 bridgehead atoms. The van der Waals surface area contributed by atoms with Crippen molar-refractivity contribution in [2.75, 3.05) is 13.2 Å². The number of rotatable bonds is 8. The van der Waals surface area contributed by atoms with Crippen LogP contribution < -0.4 is 5.32 Å². The SMILES string of the molecule is CC.CCOC(=O)CCC/C=C/CNC(=O)OC(C)(C)C.Cc1ccc(-c2ccccc2)cc1. The number of ether oxygens (including phenoxy) is 2. The second kappa shape index (κ2) is 18.4. The van der Waals surface area contributed by atoms with E-state index in [0.717, 1.165) is 12.8 Å². The third-order valence-corrected chi connectivity index (χ3v) is 4.15. The number of hydrogen-bond donors (Lipinski definition) is 1. The number of amides is 1. The highest BCUT2D eigenvalue weighted by molar-refractivity contribution is 5.69. The van der Waals surface area contributed by atoms with Gasteiger partial charge >= 0.3 is 12.1 Å². The number of carbonyl (C=O) groups excluding carboxylic acids is 2. The van der Waals surface area contributed by atoms with Crippen LogP contribution in [0, 0.1) is 6.92 Å². The van der Waals surface area contributed by atoms with Crippen LogP contribution in [0.1, 0.15) is 66.4 Å². The lowest BCUT2D eigenvalue weighted by atomic mass is 10.0. The van der Waals surface area contributed by atoms with E-state index in [1.165, 1.54) is 16.7 Å². The standard InChI is InChI=1S/C14H25NO4.C13H12.C2H6/c1-5-18-12(16)10-8-6-7-9-11-15-13(17)19-14(2,3)4;1-11-7-9-13(10-8-11)12-5-3-2-4-6-12;1-2/h7,9H,5-6,8,10-11H2,1-4H3,(H,15,17);2-10H,1H3;1-2H3/b9-7+;;. The first-order valence-electron chi connectivity index (χ1n) is 12.1. The molecule has 1 amide bonds. The van der Waals surface area contributed by atoms with E-state index in [0.29, 0.717) is 19.6 Å². The summed E-state index contributed by atoms with van der Waals surface area (Å²) in [6, 6.07) is 19.0. The van der Waals surface area contributed by atoms with Crippen LogP contribution in [0.25, 0.3) is 11.1 Å². The van der Waals surface area contributed by atoms with Crippen LogP contribution in [-0.4, -0.2) is 30.8 Å². The first kappa shape index (κ1) is 30.9. The summed E-state index contributed by atoms with van der Waals surface area (Å²) >= 11 is 0. The van der Waals surface area contributed by atoms with Crippen LogP contribution in [0.4, 0.5) is 4.79 Å². The highest BCUT2D eigenvalue weighted by atomic mass is 16.6. The maximum Gasteiger partial charge on any atom is 0.407 e. The van der Waals surface area contributed by atoms with E-state index in [1.54, 1.807) is 6.92 Å². The quantitative estimate of drug-likeness (QED) is 0.247. The summed E-state index contributed by atoms with van der Waals surface area (Å²) in [4.78, 5) is 22.3. The number of alkyl carbamates (subject to hydrolysis) is 1. The number of hydrogen-bond acceptors (Lipinski definition) is 4. The minimum absolute atomic E-state index is 0.164. The molecule has 0 atom stereocenters. The topological polar surface area (TPSA) is 64.6 Å². The van der Waals surface area contributed by atoms with Gasteiger partial charge in [-0.2, -0.15) is 0 Å². The highest BCUT2D eigenvalue weighted by Gasteiger charge is 2.14. The second-order valence-corrected chi connectivity index (χ2v) is 8.28. The molecule has 0 saturated carbocycles. The number of nitrogens with one attached hydrogen (secondary N) is 1. The lowest BCUT2D eigenvalue weighted by Crippen LogP contribution is -2.32. The summed E-state index contributed by atoms with van der Waals surface area (Å²) in [5.41, 5.74) is 3.39. The Morgan fingerprint density at radius 3 is 2.06 bits per heavy atom. The van der Waals surface area contributed by atoms with E-state index in [-0.39, 0.29) is 5.97 Å². The predicted molar refractivity (Wildman–Crippen MR) is 142 cm³/mol. The van der Waals surface area contributed by atoms with Crippen molar-refractivity contribution in [3.63, 3.8) is 0 Å². The molecule has 34 heavy (non-hydrogen) atoms. The van der Waals surface area contributed by atoms with Gasteiger partial charge in [-0.25, -0.2) is 4.79 Å². The van der Waals surface area contributed by atoms with Gasteiger partial charge in [0, 0.05) is 13.0 Å². The number of esters is 1. The fourth-order valence-corrected chi connectivity index (χ4v) is 2.63. The maximum atomic E-state index is 11.3. The van der Waals surface area contributed by atoms with Gasteiger partial charge in [0.1, 0.15) is 5.60 Å². The van der Waals surface area contributed by atoms with E-state index in [2.05, 4.69) is 60.8 Å². The van der Waals surface area contributed by atoms with Gasteiger partial charge in [0.25, 0.3) is 0 Å². The van der Waals surface area contributed by atoms with Gasteiger partial charge < -0.3 is 14.8 Å². The monoisotopic (exact) mass is 469 g/mol. The zero-order valence-electron chi connectivity index (χ0n) is 22.0. The summed E-state index contributed by atoms with van der Waals surface area (Å²) in [5.74, 6) is -0.164. The number of unbranched alkanes of at least 4 members (excludes halogenated alkanes) is 1. The Morgan fingerprint density at radius 2 is 1.50 bits per heavy atom. The number of carbonyl (C=O) groups is 2. The Morgan fingerprint density at radius 1 is 0.912 bits per heavy atom. The van der Waals surface area contributed by atoms with Crippen LogP contribution in [0.5, 0.6) is 0 Å². The van der Waals surface area contributed by atoms with Gasteiger partial charge in [-0.05, 0) is 58.6 Å². The smallest absolute Gasteiger partial charge is 0.407 e. The van der Waals surface area contributed by atoms with Gasteiger partial charge in [0.2, 0.25) is 0 Å². The largest absolute Gasteiger partial charge is 0.466 e. The van der Waals surface area contributed by atoms with Crippen LogP contribution >= 0.6 is 0 Å². The lowest BCUT2D eigenvalue weighted by molar-refractivity contribution is -0.143. The summed E-state index contributed by atoms with van der Waals surface area (Å²) < 4.78 is 9.89. The average molecular weight is 470 g/mol. The fraction of sp³-hybridized carbons (Fsp3) is 0.448. The van der Waals surface area contributed by atoms with Crippen molar-refractivity contribution in [2.45, 2.75) is 73.3 Å². The van der Waals surface area contributed by atoms with E-state index in [1.807, 2.05) is 52.8 Å². The van der Waals surface area contributed by atoms with Crippen molar-refractivity contribution in [1.82, 2.24) is 5.32 Å². The van der Waals surface area contributed by atoms with Gasteiger partial charge in [0.05, 0.1) is 6.61 Å². The molecule has 0 radical (unpaired) electrons. The van der Waals surface area contributed by atoms with Crippen LogP contribution in [-0.2, 0) is 14.3 Å². The molecule has 0 spiro atoms. The minimum atomic E-state index is -0.479. The van der Waals surface area contributed by atoms with E-state index >= 15 is 0 Å². The Bertz CT molecular complexity index is 821. The fourth-order valence-electron chi connectivity index (χ4n) is 2.63. The van der Waals surface area contributed by atoms with Crippen molar-refractivity contribution < 1.29 is 19.1 Å². The number of aryl methyl sites for hydroxylation is 1. The molecular formula is C29H43NO4. The molecule has 188 valence electrons. The van der Waals surface area contributed by atoms with Crippen molar-refractivity contribution in [2.24, 2.45) is 0 Å². The molecule has 0 heterocycles. The van der Waals surface area contributed by atoms with Crippen LogP contribution in [0.15, 0.2) is 66.7 Å². The molecule has 2 rings (SSSR count). The van der Waals surface area contributed by atoms with Crippen molar-refractivity contribution in [3.8, 4) is 11.1 Å². The Kier molecular flexibility index (Phi) is 16.7. The molecule has 0 saturated heterocycles. The zero-order chi connectivity index (χ0) is 25.8. The molecule has 2 aromatic rings. The van der Waals surface area contributed by atoms with E-state index in [4.69, 9.17) is 9.47 Å². The molecule has 0 fully saturated rings. The maximum absolute atomic E-state index is 11.3. The first-order chi connectivity index (χ1) is 16.2. The normalized spacial score (nSPS) is 10.3.